The Balaban J connectivity index is 1.51. The van der Waals surface area contributed by atoms with Crippen LogP contribution in [0.5, 0.6) is 5.75 Å². The lowest BCUT2D eigenvalue weighted by Crippen LogP contribution is -2.37. The first-order valence-corrected chi connectivity index (χ1v) is 10.3. The highest BCUT2D eigenvalue weighted by atomic mass is 16.5. The van der Waals surface area contributed by atoms with Crippen LogP contribution >= 0.6 is 0 Å². The maximum absolute atomic E-state index is 5.75. The van der Waals surface area contributed by atoms with Crippen molar-refractivity contribution in [1.82, 2.24) is 19.9 Å². The van der Waals surface area contributed by atoms with E-state index in [0.717, 1.165) is 46.7 Å². The van der Waals surface area contributed by atoms with E-state index in [0.29, 0.717) is 30.8 Å². The van der Waals surface area contributed by atoms with Gasteiger partial charge in [0.05, 0.1) is 43.4 Å². The Morgan fingerprint density at radius 3 is 2.66 bits per heavy atom. The predicted octanol–water partition coefficient (Wildman–Crippen LogP) is 3.26. The molecule has 3 N–H and O–H groups in total. The summed E-state index contributed by atoms with van der Waals surface area (Å²) < 4.78 is 10.8. The van der Waals surface area contributed by atoms with Gasteiger partial charge < -0.3 is 25.4 Å². The number of hydrogen-bond donors (Lipinski definition) is 2. The molecule has 0 bridgehead atoms. The van der Waals surface area contributed by atoms with Crippen LogP contribution in [0, 0.1) is 0 Å². The topological polar surface area (TPSA) is 111 Å². The van der Waals surface area contributed by atoms with Crippen LogP contribution in [0.4, 0.5) is 23.3 Å². The van der Waals surface area contributed by atoms with Gasteiger partial charge in [-0.05, 0) is 30.3 Å². The minimum atomic E-state index is 0.466. The van der Waals surface area contributed by atoms with Crippen molar-refractivity contribution in [2.75, 3.05) is 49.4 Å². The lowest BCUT2D eigenvalue weighted by molar-refractivity contribution is 0.122. The third-order valence-electron chi connectivity index (χ3n) is 5.25. The number of fused-ring (bicyclic) bond motifs is 1. The maximum atomic E-state index is 5.75. The number of nitrogens with two attached hydrogens (primary N) is 1. The Bertz CT molecular complexity index is 1240. The van der Waals surface area contributed by atoms with E-state index in [1.54, 1.807) is 25.6 Å². The minimum Gasteiger partial charge on any atom is -0.497 e. The molecule has 1 aliphatic heterocycles. The molecule has 162 valence electrons. The van der Waals surface area contributed by atoms with Gasteiger partial charge in [-0.2, -0.15) is 4.98 Å². The fraction of sp³-hybridized carbons (Fsp3) is 0.217. The van der Waals surface area contributed by atoms with Gasteiger partial charge in [0.25, 0.3) is 0 Å². The number of aromatic nitrogens is 4. The Morgan fingerprint density at radius 1 is 1.00 bits per heavy atom. The van der Waals surface area contributed by atoms with Gasteiger partial charge in [0.15, 0.2) is 0 Å². The van der Waals surface area contributed by atoms with Crippen LogP contribution in [0.2, 0.25) is 0 Å². The van der Waals surface area contributed by atoms with Crippen molar-refractivity contribution < 1.29 is 9.47 Å². The molecule has 0 saturated carbocycles. The molecule has 5 rings (SSSR count). The van der Waals surface area contributed by atoms with E-state index < -0.39 is 0 Å². The maximum Gasteiger partial charge on any atom is 0.228 e. The quantitative estimate of drug-likeness (QED) is 0.494. The van der Waals surface area contributed by atoms with Gasteiger partial charge in [0.1, 0.15) is 17.4 Å². The molecule has 1 aromatic carbocycles. The molecular weight excluding hydrogens is 406 g/mol. The molecule has 9 heteroatoms. The van der Waals surface area contributed by atoms with E-state index in [1.807, 2.05) is 36.4 Å². The average molecular weight is 429 g/mol. The minimum absolute atomic E-state index is 0.466. The van der Waals surface area contributed by atoms with E-state index >= 15 is 0 Å². The zero-order chi connectivity index (χ0) is 21.9. The van der Waals surface area contributed by atoms with Crippen LogP contribution in [-0.4, -0.2) is 53.3 Å². The zero-order valence-electron chi connectivity index (χ0n) is 17.7. The fourth-order valence-electron chi connectivity index (χ4n) is 3.55. The standard InChI is InChI=1S/C23H23N7O2/c1-31-18-4-2-15-10-17(14-25-19(15)11-18)27-22-12-20(16-3-5-21(24)26-13-16)28-23(29-22)30-6-8-32-9-7-30/h2-5,10-14H,6-9H2,1H3,(H2,24,26)(H,27,28,29). The fourth-order valence-corrected chi connectivity index (χ4v) is 3.55. The Kier molecular flexibility index (Phi) is 5.39. The molecule has 0 atom stereocenters. The monoisotopic (exact) mass is 429 g/mol. The Hall–Kier alpha value is -3.98. The smallest absolute Gasteiger partial charge is 0.228 e. The number of benzene rings is 1. The van der Waals surface area contributed by atoms with Gasteiger partial charge in [0, 0.05) is 42.4 Å². The average Bonchev–Trinajstić information content (AvgIpc) is 2.84. The van der Waals surface area contributed by atoms with Gasteiger partial charge in [-0.15, -0.1) is 0 Å². The van der Waals surface area contributed by atoms with Crippen LogP contribution in [0.3, 0.4) is 0 Å². The van der Waals surface area contributed by atoms with Crippen molar-refractivity contribution in [3.63, 3.8) is 0 Å². The van der Waals surface area contributed by atoms with Crippen molar-refractivity contribution in [3.8, 4) is 17.0 Å². The number of anilines is 4. The summed E-state index contributed by atoms with van der Waals surface area (Å²) in [4.78, 5) is 20.4. The summed E-state index contributed by atoms with van der Waals surface area (Å²) in [6.45, 7) is 2.78. The van der Waals surface area contributed by atoms with E-state index in [2.05, 4.69) is 20.2 Å². The molecule has 4 aromatic rings. The summed E-state index contributed by atoms with van der Waals surface area (Å²) in [6.07, 6.45) is 3.50. The number of nitrogens with one attached hydrogen (secondary N) is 1. The lowest BCUT2D eigenvalue weighted by Gasteiger charge is -2.27. The molecule has 0 radical (unpaired) electrons. The molecule has 0 unspecified atom stereocenters. The van der Waals surface area contributed by atoms with E-state index in [1.165, 1.54) is 0 Å². The molecule has 1 aliphatic rings. The summed E-state index contributed by atoms with van der Waals surface area (Å²) in [6, 6.07) is 13.4. The first-order valence-electron chi connectivity index (χ1n) is 10.3. The SMILES string of the molecule is COc1ccc2cc(Nc3cc(-c4ccc(N)nc4)nc(N4CCOCC4)n3)cnc2c1. The van der Waals surface area contributed by atoms with Crippen LogP contribution < -0.4 is 20.7 Å². The second-order valence-electron chi connectivity index (χ2n) is 7.42. The second-order valence-corrected chi connectivity index (χ2v) is 7.42. The highest BCUT2D eigenvalue weighted by molar-refractivity contribution is 5.83. The van der Waals surface area contributed by atoms with Gasteiger partial charge in [-0.3, -0.25) is 4.98 Å². The third kappa shape index (κ3) is 4.23. The van der Waals surface area contributed by atoms with Gasteiger partial charge in [-0.25, -0.2) is 9.97 Å². The highest BCUT2D eigenvalue weighted by Gasteiger charge is 2.17. The summed E-state index contributed by atoms with van der Waals surface area (Å²) in [5.74, 6) is 2.55. The molecule has 0 spiro atoms. The second kappa shape index (κ2) is 8.64. The number of pyridine rings is 2. The Morgan fingerprint density at radius 2 is 1.88 bits per heavy atom. The van der Waals surface area contributed by atoms with Crippen molar-refractivity contribution in [1.29, 1.82) is 0 Å². The van der Waals surface area contributed by atoms with E-state index in [9.17, 15) is 0 Å². The van der Waals surface area contributed by atoms with Crippen LogP contribution in [0.25, 0.3) is 22.2 Å². The predicted molar refractivity (Wildman–Crippen MR) is 124 cm³/mol. The molecule has 4 heterocycles. The summed E-state index contributed by atoms with van der Waals surface area (Å²) in [5, 5.41) is 4.38. The normalized spacial score (nSPS) is 13.8. The number of nitrogen functional groups attached to an aromatic ring is 1. The summed E-state index contributed by atoms with van der Waals surface area (Å²) in [5.41, 5.74) is 9.07. The van der Waals surface area contributed by atoms with E-state index in [4.69, 9.17) is 25.2 Å². The molecule has 9 nitrogen and oxygen atoms in total. The number of ether oxygens (including phenoxy) is 2. The van der Waals surface area contributed by atoms with Crippen molar-refractivity contribution in [2.45, 2.75) is 0 Å². The number of hydrogen-bond acceptors (Lipinski definition) is 9. The number of morpholine rings is 1. The van der Waals surface area contributed by atoms with Gasteiger partial charge >= 0.3 is 0 Å². The van der Waals surface area contributed by atoms with Gasteiger partial charge in [-0.1, -0.05) is 0 Å². The molecular formula is C23H23N7O2. The molecule has 1 saturated heterocycles. The Labute approximate surface area is 185 Å². The molecule has 1 fully saturated rings. The molecule has 0 aliphatic carbocycles. The van der Waals surface area contributed by atoms with Crippen LogP contribution in [0.15, 0.2) is 54.9 Å². The van der Waals surface area contributed by atoms with Gasteiger partial charge in [0.2, 0.25) is 5.95 Å². The van der Waals surface area contributed by atoms with Crippen LogP contribution in [-0.2, 0) is 4.74 Å². The first-order chi connectivity index (χ1) is 15.7. The molecule has 32 heavy (non-hydrogen) atoms. The van der Waals surface area contributed by atoms with Crippen LogP contribution in [0.1, 0.15) is 0 Å². The summed E-state index contributed by atoms with van der Waals surface area (Å²) in [7, 11) is 1.65. The largest absolute Gasteiger partial charge is 0.497 e. The first kappa shape index (κ1) is 20.0. The lowest BCUT2D eigenvalue weighted by atomic mass is 10.2. The molecule has 0 amide bonds. The van der Waals surface area contributed by atoms with Crippen molar-refractivity contribution in [2.24, 2.45) is 0 Å². The van der Waals surface area contributed by atoms with Crippen molar-refractivity contribution >= 4 is 34.2 Å². The summed E-state index contributed by atoms with van der Waals surface area (Å²) >= 11 is 0. The highest BCUT2D eigenvalue weighted by Crippen LogP contribution is 2.27. The zero-order valence-corrected chi connectivity index (χ0v) is 17.7. The number of methoxy groups -OCH3 is 1. The third-order valence-corrected chi connectivity index (χ3v) is 5.25. The number of rotatable bonds is 5. The van der Waals surface area contributed by atoms with E-state index in [-0.39, 0.29) is 0 Å². The van der Waals surface area contributed by atoms with Crippen molar-refractivity contribution in [3.05, 3.63) is 54.9 Å². The molecule has 3 aromatic heterocycles. The number of nitrogens with zero attached hydrogens (tertiary/aromatic N) is 5.